The lowest BCUT2D eigenvalue weighted by molar-refractivity contribution is 0.0595. The highest BCUT2D eigenvalue weighted by Gasteiger charge is 2.42. The number of esters is 1. The summed E-state index contributed by atoms with van der Waals surface area (Å²) in [5.74, 6) is 3.35. The molecule has 2 aliphatic rings. The fraction of sp³-hybridized carbons (Fsp3) is 0.733. The minimum atomic E-state index is -0.439. The number of hydrogen-bond acceptors (Lipinski definition) is 4. The first-order valence-electron chi connectivity index (χ1n) is 7.58. The Morgan fingerprint density at radius 3 is 2.45 bits per heavy atom. The van der Waals surface area contributed by atoms with E-state index in [2.05, 4.69) is 4.98 Å². The van der Waals surface area contributed by atoms with E-state index >= 15 is 0 Å². The third-order valence-electron chi connectivity index (χ3n) is 4.63. The van der Waals surface area contributed by atoms with E-state index < -0.39 is 5.97 Å². The van der Waals surface area contributed by atoms with E-state index in [1.807, 2.05) is 11.5 Å². The van der Waals surface area contributed by atoms with Crippen LogP contribution in [-0.2, 0) is 17.7 Å². The molecular formula is C15H23N3O2. The van der Waals surface area contributed by atoms with Crippen molar-refractivity contribution in [1.82, 2.24) is 9.55 Å². The number of hydrogen-bond donors (Lipinski definition) is 1. The van der Waals surface area contributed by atoms with Gasteiger partial charge >= 0.3 is 5.97 Å². The summed E-state index contributed by atoms with van der Waals surface area (Å²) in [6.45, 7) is 2.96. The van der Waals surface area contributed by atoms with Gasteiger partial charge in [-0.25, -0.2) is 9.78 Å². The maximum Gasteiger partial charge on any atom is 0.360 e. The lowest BCUT2D eigenvalue weighted by Gasteiger charge is -2.18. The largest absolute Gasteiger partial charge is 0.464 e. The number of carbonyl (C=O) groups is 1. The molecule has 110 valence electrons. The molecule has 5 nitrogen and oxygen atoms in total. The number of anilines is 1. The Hall–Kier alpha value is -1.52. The fourth-order valence-corrected chi connectivity index (χ4v) is 3.18. The van der Waals surface area contributed by atoms with Gasteiger partial charge in [0, 0.05) is 13.0 Å². The lowest BCUT2D eigenvalue weighted by Crippen LogP contribution is -2.18. The summed E-state index contributed by atoms with van der Waals surface area (Å²) in [6, 6.07) is 0. The molecule has 2 aliphatic carbocycles. The minimum Gasteiger partial charge on any atom is -0.464 e. The highest BCUT2D eigenvalue weighted by atomic mass is 16.5. The zero-order valence-electron chi connectivity index (χ0n) is 12.3. The van der Waals surface area contributed by atoms with Crippen LogP contribution in [0.3, 0.4) is 0 Å². The molecule has 0 bridgehead atoms. The topological polar surface area (TPSA) is 70.1 Å². The van der Waals surface area contributed by atoms with Crippen LogP contribution in [-0.4, -0.2) is 22.6 Å². The van der Waals surface area contributed by atoms with Gasteiger partial charge in [0.15, 0.2) is 5.69 Å². The molecule has 3 rings (SSSR count). The molecular weight excluding hydrogens is 254 g/mol. The molecule has 1 aromatic heterocycles. The fourth-order valence-electron chi connectivity index (χ4n) is 3.18. The third kappa shape index (κ3) is 2.41. The van der Waals surface area contributed by atoms with Gasteiger partial charge in [0.1, 0.15) is 11.6 Å². The average Bonchev–Trinajstić information content (AvgIpc) is 3.35. The van der Waals surface area contributed by atoms with Crippen LogP contribution in [0.5, 0.6) is 0 Å². The van der Waals surface area contributed by atoms with Crippen molar-refractivity contribution in [3.05, 3.63) is 11.5 Å². The number of nitrogen functional groups attached to an aromatic ring is 1. The van der Waals surface area contributed by atoms with Gasteiger partial charge in [-0.1, -0.05) is 6.92 Å². The van der Waals surface area contributed by atoms with Gasteiger partial charge in [0.2, 0.25) is 0 Å². The second-order valence-corrected chi connectivity index (χ2v) is 6.06. The maximum absolute atomic E-state index is 11.7. The Balaban J connectivity index is 1.87. The number of methoxy groups -OCH3 is 1. The Bertz CT molecular complexity index is 503. The molecule has 0 saturated heterocycles. The molecule has 2 fully saturated rings. The number of aryl methyl sites for hydroxylation is 1. The van der Waals surface area contributed by atoms with Gasteiger partial charge in [-0.3, -0.25) is 0 Å². The SMILES string of the molecule is CCc1nc(C(=O)OC)c(N)n1CC(C1CC1)C1CC1. The van der Waals surface area contributed by atoms with E-state index in [0.29, 0.717) is 11.7 Å². The van der Waals surface area contributed by atoms with Crippen LogP contribution < -0.4 is 5.73 Å². The second kappa shape index (κ2) is 5.11. The van der Waals surface area contributed by atoms with Crippen molar-refractivity contribution < 1.29 is 9.53 Å². The van der Waals surface area contributed by atoms with Crippen LogP contribution in [0.4, 0.5) is 5.82 Å². The van der Waals surface area contributed by atoms with Crippen LogP contribution in [0.1, 0.15) is 48.9 Å². The van der Waals surface area contributed by atoms with Gasteiger partial charge in [0.25, 0.3) is 0 Å². The predicted molar refractivity (Wildman–Crippen MR) is 76.3 cm³/mol. The summed E-state index contributed by atoms with van der Waals surface area (Å²) in [5.41, 5.74) is 6.42. The Morgan fingerprint density at radius 1 is 1.40 bits per heavy atom. The lowest BCUT2D eigenvalue weighted by atomic mass is 9.98. The summed E-state index contributed by atoms with van der Waals surface area (Å²) >= 11 is 0. The van der Waals surface area contributed by atoms with E-state index in [9.17, 15) is 4.79 Å². The van der Waals surface area contributed by atoms with E-state index in [0.717, 1.165) is 30.6 Å². The Labute approximate surface area is 119 Å². The first-order valence-corrected chi connectivity index (χ1v) is 7.58. The van der Waals surface area contributed by atoms with Crippen molar-refractivity contribution in [3.63, 3.8) is 0 Å². The first kappa shape index (κ1) is 13.5. The van der Waals surface area contributed by atoms with Crippen LogP contribution in [0.25, 0.3) is 0 Å². The molecule has 1 heterocycles. The van der Waals surface area contributed by atoms with Crippen LogP contribution >= 0.6 is 0 Å². The Kier molecular flexibility index (Phi) is 3.44. The van der Waals surface area contributed by atoms with Crippen molar-refractivity contribution >= 4 is 11.8 Å². The van der Waals surface area contributed by atoms with Gasteiger partial charge in [-0.2, -0.15) is 0 Å². The molecule has 0 unspecified atom stereocenters. The van der Waals surface area contributed by atoms with Crippen LogP contribution in [0.2, 0.25) is 0 Å². The number of aromatic nitrogens is 2. The van der Waals surface area contributed by atoms with Gasteiger partial charge in [-0.05, 0) is 43.4 Å². The monoisotopic (exact) mass is 277 g/mol. The third-order valence-corrected chi connectivity index (χ3v) is 4.63. The zero-order valence-corrected chi connectivity index (χ0v) is 12.3. The van der Waals surface area contributed by atoms with E-state index in [1.54, 1.807) is 0 Å². The molecule has 0 amide bonds. The number of rotatable bonds is 6. The molecule has 20 heavy (non-hydrogen) atoms. The van der Waals surface area contributed by atoms with E-state index in [1.165, 1.54) is 32.8 Å². The predicted octanol–water partition coefficient (Wildman–Crippen LogP) is 2.25. The summed E-state index contributed by atoms with van der Waals surface area (Å²) in [6.07, 6.45) is 6.17. The molecule has 0 aromatic carbocycles. The van der Waals surface area contributed by atoms with Gasteiger partial charge in [0.05, 0.1) is 7.11 Å². The van der Waals surface area contributed by atoms with Gasteiger partial charge in [-0.15, -0.1) is 0 Å². The average molecular weight is 277 g/mol. The van der Waals surface area contributed by atoms with Crippen molar-refractivity contribution in [2.45, 2.75) is 45.6 Å². The minimum absolute atomic E-state index is 0.273. The first-order chi connectivity index (χ1) is 9.65. The maximum atomic E-state index is 11.7. The molecule has 2 N–H and O–H groups in total. The number of carbonyl (C=O) groups excluding carboxylic acids is 1. The zero-order chi connectivity index (χ0) is 14.3. The quantitative estimate of drug-likeness (QED) is 0.810. The van der Waals surface area contributed by atoms with E-state index in [4.69, 9.17) is 10.5 Å². The molecule has 0 aliphatic heterocycles. The number of nitrogens with two attached hydrogens (primary N) is 1. The highest BCUT2D eigenvalue weighted by molar-refractivity contribution is 5.92. The Morgan fingerprint density at radius 2 is 2.00 bits per heavy atom. The van der Waals surface area contributed by atoms with Crippen LogP contribution in [0, 0.1) is 17.8 Å². The molecule has 1 aromatic rings. The molecule has 0 spiro atoms. The normalized spacial score (nSPS) is 18.6. The van der Waals surface area contributed by atoms with Crippen LogP contribution in [0.15, 0.2) is 0 Å². The smallest absolute Gasteiger partial charge is 0.360 e. The summed E-state index contributed by atoms with van der Waals surface area (Å²) < 4.78 is 6.81. The molecule has 5 heteroatoms. The van der Waals surface area contributed by atoms with Crippen molar-refractivity contribution in [2.24, 2.45) is 17.8 Å². The number of ether oxygens (including phenoxy) is 1. The number of imidazole rings is 1. The molecule has 0 atom stereocenters. The summed E-state index contributed by atoms with van der Waals surface area (Å²) in [7, 11) is 1.36. The van der Waals surface area contributed by atoms with Gasteiger partial charge < -0.3 is 15.0 Å². The molecule has 2 saturated carbocycles. The van der Waals surface area contributed by atoms with E-state index in [-0.39, 0.29) is 5.69 Å². The second-order valence-electron chi connectivity index (χ2n) is 6.06. The summed E-state index contributed by atoms with van der Waals surface area (Å²) in [5, 5.41) is 0. The van der Waals surface area contributed by atoms with Crippen molar-refractivity contribution in [2.75, 3.05) is 12.8 Å². The van der Waals surface area contributed by atoms with Crippen molar-refractivity contribution in [3.8, 4) is 0 Å². The standard InChI is InChI=1S/C15H23N3O2/c1-3-12-17-13(15(19)20-2)14(16)18(12)8-11(9-4-5-9)10-6-7-10/h9-11H,3-8,16H2,1-2H3. The van der Waals surface area contributed by atoms with Crippen molar-refractivity contribution in [1.29, 1.82) is 0 Å². The molecule has 0 radical (unpaired) electrons. The highest BCUT2D eigenvalue weighted by Crippen LogP contribution is 2.50. The number of nitrogens with zero attached hydrogens (tertiary/aromatic N) is 2. The summed E-state index contributed by atoms with van der Waals surface area (Å²) in [4.78, 5) is 16.1.